The first-order valence-corrected chi connectivity index (χ1v) is 9.99. The summed E-state index contributed by atoms with van der Waals surface area (Å²) < 4.78 is 11.7. The highest BCUT2D eigenvalue weighted by molar-refractivity contribution is 7.07. The molecule has 2 heterocycles. The highest BCUT2D eigenvalue weighted by Gasteiger charge is 2.12. The van der Waals surface area contributed by atoms with E-state index in [4.69, 9.17) is 9.47 Å². The number of pyridine rings is 1. The summed E-state index contributed by atoms with van der Waals surface area (Å²) in [5.41, 5.74) is 2.47. The predicted molar refractivity (Wildman–Crippen MR) is 112 cm³/mol. The van der Waals surface area contributed by atoms with Crippen LogP contribution in [-0.4, -0.2) is 23.6 Å². The Hall–Kier alpha value is -2.86. The maximum atomic E-state index is 12.7. The molecule has 3 rings (SSSR count). The SMILES string of the molecule is [CH2]c1ccc(NC(=O)c2cc(OCCc3ccsc3)cc(OC(C)C)c2)nc1. The van der Waals surface area contributed by atoms with Crippen molar-refractivity contribution in [2.75, 3.05) is 11.9 Å². The zero-order chi connectivity index (χ0) is 19.9. The van der Waals surface area contributed by atoms with Crippen molar-refractivity contribution in [2.24, 2.45) is 0 Å². The van der Waals surface area contributed by atoms with Gasteiger partial charge >= 0.3 is 0 Å². The molecule has 1 aromatic carbocycles. The summed E-state index contributed by atoms with van der Waals surface area (Å²) in [7, 11) is 0. The number of rotatable bonds is 8. The predicted octanol–water partition coefficient (Wildman–Crippen LogP) is 4.99. The highest BCUT2D eigenvalue weighted by atomic mass is 32.1. The van der Waals surface area contributed by atoms with Crippen LogP contribution in [0, 0.1) is 6.92 Å². The smallest absolute Gasteiger partial charge is 0.257 e. The molecule has 0 unspecified atom stereocenters. The summed E-state index contributed by atoms with van der Waals surface area (Å²) in [6.07, 6.45) is 2.40. The lowest BCUT2D eigenvalue weighted by Crippen LogP contribution is -2.14. The Bertz CT molecular complexity index is 906. The van der Waals surface area contributed by atoms with Crippen molar-refractivity contribution in [1.82, 2.24) is 4.98 Å². The van der Waals surface area contributed by atoms with Crippen LogP contribution in [0.3, 0.4) is 0 Å². The van der Waals surface area contributed by atoms with Crippen LogP contribution in [0.4, 0.5) is 5.82 Å². The topological polar surface area (TPSA) is 60.5 Å². The number of carbonyl (C=O) groups excluding carboxylic acids is 1. The van der Waals surface area contributed by atoms with Gasteiger partial charge in [0.2, 0.25) is 0 Å². The van der Waals surface area contributed by atoms with Gasteiger partial charge in [0.05, 0.1) is 12.7 Å². The minimum atomic E-state index is -0.277. The second-order valence-corrected chi connectivity index (χ2v) is 7.38. The maximum Gasteiger partial charge on any atom is 0.257 e. The monoisotopic (exact) mass is 395 g/mol. The zero-order valence-corrected chi connectivity index (χ0v) is 16.8. The summed E-state index contributed by atoms with van der Waals surface area (Å²) >= 11 is 1.66. The maximum absolute atomic E-state index is 12.7. The van der Waals surface area contributed by atoms with Gasteiger partial charge in [0.15, 0.2) is 0 Å². The fourth-order valence-corrected chi connectivity index (χ4v) is 3.24. The molecule has 28 heavy (non-hydrogen) atoms. The number of hydrogen-bond acceptors (Lipinski definition) is 5. The molecule has 0 aliphatic heterocycles. The van der Waals surface area contributed by atoms with E-state index >= 15 is 0 Å². The van der Waals surface area contributed by atoms with E-state index in [1.54, 1.807) is 47.9 Å². The normalized spacial score (nSPS) is 10.7. The standard InChI is InChI=1S/C22H23N2O3S/c1-15(2)27-20-11-18(22(25)24-21-5-4-16(3)13-23-21)10-19(12-20)26-8-6-17-7-9-28-14-17/h4-5,7,9-15H,3,6,8H2,1-2H3,(H,23,24,25). The van der Waals surface area contributed by atoms with Crippen molar-refractivity contribution in [2.45, 2.75) is 26.4 Å². The first kappa shape index (κ1) is 19.9. The molecule has 5 nitrogen and oxygen atoms in total. The second-order valence-electron chi connectivity index (χ2n) is 6.60. The third kappa shape index (κ3) is 5.82. The van der Waals surface area contributed by atoms with Crippen LogP contribution in [0.15, 0.2) is 53.4 Å². The molecular weight excluding hydrogens is 372 g/mol. The van der Waals surface area contributed by atoms with Crippen molar-refractivity contribution in [1.29, 1.82) is 0 Å². The molecule has 0 spiro atoms. The number of anilines is 1. The molecule has 3 aromatic rings. The molecule has 0 fully saturated rings. The Morgan fingerprint density at radius 2 is 2.04 bits per heavy atom. The summed E-state index contributed by atoms with van der Waals surface area (Å²) in [5.74, 6) is 1.38. The third-order valence-electron chi connectivity index (χ3n) is 3.82. The van der Waals surface area contributed by atoms with Crippen LogP contribution < -0.4 is 14.8 Å². The first-order chi connectivity index (χ1) is 13.5. The van der Waals surface area contributed by atoms with Crippen LogP contribution in [0.2, 0.25) is 0 Å². The molecule has 6 heteroatoms. The van der Waals surface area contributed by atoms with Crippen LogP contribution >= 0.6 is 11.3 Å². The lowest BCUT2D eigenvalue weighted by Gasteiger charge is -2.14. The van der Waals surface area contributed by atoms with Crippen molar-refractivity contribution in [3.05, 3.63) is 77.0 Å². The van der Waals surface area contributed by atoms with Crippen molar-refractivity contribution in [3.8, 4) is 11.5 Å². The number of ether oxygens (including phenoxy) is 2. The number of nitrogens with zero attached hydrogens (tertiary/aromatic N) is 1. The molecule has 0 atom stereocenters. The number of aromatic nitrogens is 1. The Morgan fingerprint density at radius 1 is 1.21 bits per heavy atom. The number of hydrogen-bond donors (Lipinski definition) is 1. The van der Waals surface area contributed by atoms with Gasteiger partial charge in [0, 0.05) is 24.2 Å². The van der Waals surface area contributed by atoms with E-state index in [9.17, 15) is 4.79 Å². The van der Waals surface area contributed by atoms with Crippen LogP contribution in [0.1, 0.15) is 35.3 Å². The molecule has 1 radical (unpaired) electrons. The summed E-state index contributed by atoms with van der Waals surface area (Å²) in [5, 5.41) is 6.93. The van der Waals surface area contributed by atoms with Gasteiger partial charge in [0.1, 0.15) is 17.3 Å². The van der Waals surface area contributed by atoms with Crippen LogP contribution in [0.25, 0.3) is 0 Å². The van der Waals surface area contributed by atoms with Crippen molar-refractivity contribution >= 4 is 23.1 Å². The van der Waals surface area contributed by atoms with E-state index in [1.165, 1.54) is 5.56 Å². The Balaban J connectivity index is 1.74. The summed E-state index contributed by atoms with van der Waals surface area (Å²) in [6, 6.07) is 10.8. The Kier molecular flexibility index (Phi) is 6.66. The summed E-state index contributed by atoms with van der Waals surface area (Å²) in [4.78, 5) is 16.8. The van der Waals surface area contributed by atoms with Gasteiger partial charge in [-0.1, -0.05) is 6.07 Å². The largest absolute Gasteiger partial charge is 0.493 e. The molecule has 0 aliphatic carbocycles. The van der Waals surface area contributed by atoms with Gasteiger partial charge in [-0.15, -0.1) is 0 Å². The number of nitrogens with one attached hydrogen (secondary N) is 1. The van der Waals surface area contributed by atoms with Gasteiger partial charge in [-0.2, -0.15) is 11.3 Å². The number of benzene rings is 1. The van der Waals surface area contributed by atoms with Gasteiger partial charge < -0.3 is 14.8 Å². The van der Waals surface area contributed by atoms with Gasteiger partial charge in [-0.05, 0) is 66.9 Å². The highest BCUT2D eigenvalue weighted by Crippen LogP contribution is 2.25. The van der Waals surface area contributed by atoms with Gasteiger partial charge in [0.25, 0.3) is 5.91 Å². The Morgan fingerprint density at radius 3 is 2.71 bits per heavy atom. The van der Waals surface area contributed by atoms with E-state index < -0.39 is 0 Å². The molecule has 145 valence electrons. The molecule has 2 aromatic heterocycles. The number of amides is 1. The van der Waals surface area contributed by atoms with Crippen molar-refractivity contribution in [3.63, 3.8) is 0 Å². The van der Waals surface area contributed by atoms with Crippen LogP contribution in [-0.2, 0) is 6.42 Å². The summed E-state index contributed by atoms with van der Waals surface area (Å²) in [6.45, 7) is 8.19. The molecule has 1 amide bonds. The Labute approximate surface area is 169 Å². The lowest BCUT2D eigenvalue weighted by atomic mass is 10.1. The fourth-order valence-electron chi connectivity index (χ4n) is 2.53. The first-order valence-electron chi connectivity index (χ1n) is 9.04. The molecule has 0 bridgehead atoms. The van der Waals surface area contributed by atoms with Gasteiger partial charge in [-0.25, -0.2) is 4.98 Å². The average Bonchev–Trinajstić information content (AvgIpc) is 3.16. The molecule has 0 aliphatic rings. The van der Waals surface area contributed by atoms with E-state index in [0.29, 0.717) is 29.5 Å². The van der Waals surface area contributed by atoms with Gasteiger partial charge in [-0.3, -0.25) is 4.79 Å². The van der Waals surface area contributed by atoms with Crippen molar-refractivity contribution < 1.29 is 14.3 Å². The fraction of sp³-hybridized carbons (Fsp3) is 0.227. The molecule has 1 N–H and O–H groups in total. The molecule has 0 saturated heterocycles. The number of carbonyl (C=O) groups is 1. The zero-order valence-electron chi connectivity index (χ0n) is 16.0. The lowest BCUT2D eigenvalue weighted by molar-refractivity contribution is 0.102. The second kappa shape index (κ2) is 9.37. The van der Waals surface area contributed by atoms with E-state index in [-0.39, 0.29) is 12.0 Å². The quantitative estimate of drug-likeness (QED) is 0.584. The van der Waals surface area contributed by atoms with E-state index in [1.807, 2.05) is 19.2 Å². The average molecular weight is 396 g/mol. The minimum absolute atomic E-state index is 0.0109. The van der Waals surface area contributed by atoms with E-state index in [0.717, 1.165) is 12.0 Å². The van der Waals surface area contributed by atoms with E-state index in [2.05, 4.69) is 28.7 Å². The minimum Gasteiger partial charge on any atom is -0.493 e. The number of thiophene rings is 1. The van der Waals surface area contributed by atoms with Crippen LogP contribution in [0.5, 0.6) is 11.5 Å². The molecule has 0 saturated carbocycles. The molecular formula is C22H23N2O3S. The third-order valence-corrected chi connectivity index (χ3v) is 4.55.